The van der Waals surface area contributed by atoms with Gasteiger partial charge in [-0.2, -0.15) is 4.80 Å². The van der Waals surface area contributed by atoms with Gasteiger partial charge in [0.15, 0.2) is 5.13 Å². The van der Waals surface area contributed by atoms with Crippen molar-refractivity contribution in [2.24, 2.45) is 0 Å². The average molecular weight is 224 g/mol. The monoisotopic (exact) mass is 224 g/mol. The standard InChI is InChI=1S/C8H12N6S/c1-8(2,3)14-12-6(11-13-14)5-4-15-7(9)10-5/h4H,1-3H3,(H2,9,10). The molecule has 0 amide bonds. The SMILES string of the molecule is CC(C)(C)n1nnc(-c2csc(N)n2)n1. The highest BCUT2D eigenvalue weighted by atomic mass is 32.1. The fourth-order valence-electron chi connectivity index (χ4n) is 0.991. The van der Waals surface area contributed by atoms with Crippen LogP contribution in [-0.2, 0) is 5.54 Å². The molecule has 2 N–H and O–H groups in total. The summed E-state index contributed by atoms with van der Waals surface area (Å²) in [6.45, 7) is 6.02. The van der Waals surface area contributed by atoms with Crippen molar-refractivity contribution >= 4 is 16.5 Å². The lowest BCUT2D eigenvalue weighted by Gasteiger charge is -2.15. The lowest BCUT2D eigenvalue weighted by molar-refractivity contribution is 0.306. The van der Waals surface area contributed by atoms with Crippen molar-refractivity contribution in [3.05, 3.63) is 5.38 Å². The van der Waals surface area contributed by atoms with Crippen LogP contribution in [0.5, 0.6) is 0 Å². The van der Waals surface area contributed by atoms with E-state index in [0.717, 1.165) is 0 Å². The van der Waals surface area contributed by atoms with Gasteiger partial charge in [0.1, 0.15) is 5.69 Å². The Morgan fingerprint density at radius 1 is 1.40 bits per heavy atom. The fraction of sp³-hybridized carbons (Fsp3) is 0.500. The molecule has 2 heterocycles. The van der Waals surface area contributed by atoms with E-state index in [0.29, 0.717) is 16.6 Å². The summed E-state index contributed by atoms with van der Waals surface area (Å²) < 4.78 is 0. The van der Waals surface area contributed by atoms with E-state index >= 15 is 0 Å². The van der Waals surface area contributed by atoms with Gasteiger partial charge >= 0.3 is 0 Å². The minimum Gasteiger partial charge on any atom is -0.375 e. The maximum Gasteiger partial charge on any atom is 0.224 e. The van der Waals surface area contributed by atoms with Crippen molar-refractivity contribution in [2.75, 3.05) is 5.73 Å². The number of hydrogen-bond donors (Lipinski definition) is 1. The minimum absolute atomic E-state index is 0.174. The third-order valence-electron chi connectivity index (χ3n) is 1.76. The van der Waals surface area contributed by atoms with Gasteiger partial charge in [-0.05, 0) is 26.0 Å². The molecule has 0 unspecified atom stereocenters. The van der Waals surface area contributed by atoms with Crippen LogP contribution in [0.1, 0.15) is 20.8 Å². The van der Waals surface area contributed by atoms with E-state index in [1.165, 1.54) is 11.3 Å². The van der Waals surface area contributed by atoms with E-state index in [1.807, 2.05) is 26.2 Å². The fourth-order valence-corrected chi connectivity index (χ4v) is 1.53. The number of aromatic nitrogens is 5. The number of tetrazole rings is 1. The second kappa shape index (κ2) is 3.27. The number of anilines is 1. The van der Waals surface area contributed by atoms with Crippen molar-refractivity contribution in [2.45, 2.75) is 26.3 Å². The number of nitrogens with two attached hydrogens (primary N) is 1. The summed E-state index contributed by atoms with van der Waals surface area (Å²) in [5.74, 6) is 0.512. The van der Waals surface area contributed by atoms with Gasteiger partial charge in [-0.25, -0.2) is 4.98 Å². The Morgan fingerprint density at radius 2 is 2.13 bits per heavy atom. The first-order chi connectivity index (χ1) is 6.97. The third-order valence-corrected chi connectivity index (χ3v) is 2.44. The largest absolute Gasteiger partial charge is 0.375 e. The van der Waals surface area contributed by atoms with Crippen LogP contribution in [-0.4, -0.2) is 25.2 Å². The smallest absolute Gasteiger partial charge is 0.224 e. The molecule has 0 aliphatic rings. The average Bonchev–Trinajstić information content (AvgIpc) is 2.69. The van der Waals surface area contributed by atoms with Gasteiger partial charge in [0, 0.05) is 5.38 Å². The van der Waals surface area contributed by atoms with Gasteiger partial charge in [0.05, 0.1) is 5.54 Å². The van der Waals surface area contributed by atoms with Crippen molar-refractivity contribution in [1.29, 1.82) is 0 Å². The molecule has 0 radical (unpaired) electrons. The maximum atomic E-state index is 5.53. The summed E-state index contributed by atoms with van der Waals surface area (Å²) in [5.41, 5.74) is 6.03. The third kappa shape index (κ3) is 1.96. The van der Waals surface area contributed by atoms with E-state index in [2.05, 4.69) is 20.4 Å². The Balaban J connectivity index is 2.36. The van der Waals surface area contributed by atoms with Crippen LogP contribution in [0.4, 0.5) is 5.13 Å². The Bertz CT molecular complexity index is 465. The van der Waals surface area contributed by atoms with Crippen LogP contribution >= 0.6 is 11.3 Å². The van der Waals surface area contributed by atoms with Gasteiger partial charge in [-0.3, -0.25) is 0 Å². The Kier molecular flexibility index (Phi) is 2.18. The predicted octanol–water partition coefficient (Wildman–Crippen LogP) is 1.13. The Labute approximate surface area is 91.1 Å². The first-order valence-corrected chi connectivity index (χ1v) is 5.36. The highest BCUT2D eigenvalue weighted by Crippen LogP contribution is 2.20. The van der Waals surface area contributed by atoms with Crippen LogP contribution < -0.4 is 5.73 Å². The molecule has 80 valence electrons. The summed E-state index contributed by atoms with van der Waals surface area (Å²) in [6, 6.07) is 0. The molecule has 6 nitrogen and oxygen atoms in total. The number of hydrogen-bond acceptors (Lipinski definition) is 6. The van der Waals surface area contributed by atoms with Gasteiger partial charge in [-0.1, -0.05) is 0 Å². The molecule has 7 heteroatoms. The van der Waals surface area contributed by atoms with Gasteiger partial charge < -0.3 is 5.73 Å². The summed E-state index contributed by atoms with van der Waals surface area (Å²) in [6.07, 6.45) is 0. The number of thiazole rings is 1. The Morgan fingerprint density at radius 3 is 2.60 bits per heavy atom. The van der Waals surface area contributed by atoms with Crippen LogP contribution in [0, 0.1) is 0 Å². The topological polar surface area (TPSA) is 82.5 Å². The molecule has 0 bridgehead atoms. The maximum absolute atomic E-state index is 5.53. The molecule has 2 aromatic rings. The van der Waals surface area contributed by atoms with Gasteiger partial charge in [-0.15, -0.1) is 21.5 Å². The molecule has 0 atom stereocenters. The summed E-state index contributed by atoms with van der Waals surface area (Å²) >= 11 is 1.37. The van der Waals surface area contributed by atoms with E-state index in [4.69, 9.17) is 5.73 Å². The molecule has 0 fully saturated rings. The predicted molar refractivity (Wildman–Crippen MR) is 58.3 cm³/mol. The Hall–Kier alpha value is -1.50. The summed E-state index contributed by atoms with van der Waals surface area (Å²) in [5, 5.41) is 14.5. The molecular formula is C8H12N6S. The van der Waals surface area contributed by atoms with E-state index in [-0.39, 0.29) is 5.54 Å². The van der Waals surface area contributed by atoms with Crippen molar-refractivity contribution in [1.82, 2.24) is 25.2 Å². The molecule has 15 heavy (non-hydrogen) atoms. The molecule has 0 aliphatic carbocycles. The number of rotatable bonds is 1. The first-order valence-electron chi connectivity index (χ1n) is 4.49. The summed E-state index contributed by atoms with van der Waals surface area (Å²) in [7, 11) is 0. The van der Waals surface area contributed by atoms with E-state index < -0.39 is 0 Å². The molecular weight excluding hydrogens is 212 g/mol. The number of nitrogens with zero attached hydrogens (tertiary/aromatic N) is 5. The molecule has 2 rings (SSSR count). The highest BCUT2D eigenvalue weighted by Gasteiger charge is 2.18. The zero-order valence-electron chi connectivity index (χ0n) is 8.80. The van der Waals surface area contributed by atoms with Crippen LogP contribution in [0.15, 0.2) is 5.38 Å². The van der Waals surface area contributed by atoms with Crippen molar-refractivity contribution in [3.63, 3.8) is 0 Å². The lowest BCUT2D eigenvalue weighted by Crippen LogP contribution is -2.24. The molecule has 2 aromatic heterocycles. The van der Waals surface area contributed by atoms with E-state index in [1.54, 1.807) is 4.80 Å². The second-order valence-electron chi connectivity index (χ2n) is 4.14. The normalized spacial score (nSPS) is 11.9. The van der Waals surface area contributed by atoms with Gasteiger partial charge in [0.25, 0.3) is 0 Å². The molecule has 0 spiro atoms. The van der Waals surface area contributed by atoms with Crippen LogP contribution in [0.3, 0.4) is 0 Å². The molecule has 0 aromatic carbocycles. The molecule has 0 saturated carbocycles. The quantitative estimate of drug-likeness (QED) is 0.785. The van der Waals surface area contributed by atoms with Gasteiger partial charge in [0.2, 0.25) is 5.82 Å². The molecule has 0 aliphatic heterocycles. The van der Waals surface area contributed by atoms with E-state index in [9.17, 15) is 0 Å². The first kappa shape index (κ1) is 10.0. The van der Waals surface area contributed by atoms with Crippen molar-refractivity contribution < 1.29 is 0 Å². The highest BCUT2D eigenvalue weighted by molar-refractivity contribution is 7.13. The lowest BCUT2D eigenvalue weighted by atomic mass is 10.1. The second-order valence-corrected chi connectivity index (χ2v) is 5.03. The zero-order chi connectivity index (χ0) is 11.1. The van der Waals surface area contributed by atoms with Crippen molar-refractivity contribution in [3.8, 4) is 11.5 Å². The molecule has 0 saturated heterocycles. The van der Waals surface area contributed by atoms with Crippen LogP contribution in [0.25, 0.3) is 11.5 Å². The zero-order valence-corrected chi connectivity index (χ0v) is 9.62. The van der Waals surface area contributed by atoms with Crippen LogP contribution in [0.2, 0.25) is 0 Å². The minimum atomic E-state index is -0.174. The number of nitrogen functional groups attached to an aromatic ring is 1. The summed E-state index contributed by atoms with van der Waals surface area (Å²) in [4.78, 5) is 5.66.